The van der Waals surface area contributed by atoms with Gasteiger partial charge in [0, 0.05) is 12.4 Å². The van der Waals surface area contributed by atoms with Crippen LogP contribution in [0.2, 0.25) is 0 Å². The van der Waals surface area contributed by atoms with E-state index < -0.39 is 5.97 Å². The van der Waals surface area contributed by atoms with Crippen LogP contribution in [0.5, 0.6) is 0 Å². The van der Waals surface area contributed by atoms with E-state index in [9.17, 15) is 4.79 Å². The fourth-order valence-electron chi connectivity index (χ4n) is 0.810. The van der Waals surface area contributed by atoms with Crippen LogP contribution in [-0.2, 0) is 4.74 Å². The van der Waals surface area contributed by atoms with E-state index in [1.54, 1.807) is 6.92 Å². The first kappa shape index (κ1) is 13.4. The minimum Gasteiger partial charge on any atom is -0.461 e. The second-order valence-electron chi connectivity index (χ2n) is 3.19. The first-order valence-electron chi connectivity index (χ1n) is 4.91. The van der Waals surface area contributed by atoms with Crippen molar-refractivity contribution in [3.8, 4) is 0 Å². The summed E-state index contributed by atoms with van der Waals surface area (Å²) >= 11 is 2.70. The second-order valence-corrected chi connectivity index (χ2v) is 5.44. The summed E-state index contributed by atoms with van der Waals surface area (Å²) in [5.41, 5.74) is 0. The average Bonchev–Trinajstić information content (AvgIpc) is 2.75. The van der Waals surface area contributed by atoms with Crippen LogP contribution in [0.3, 0.4) is 0 Å². The molecule has 16 heavy (non-hydrogen) atoms. The summed E-state index contributed by atoms with van der Waals surface area (Å²) in [4.78, 5) is 11.3. The van der Waals surface area contributed by atoms with Crippen molar-refractivity contribution in [1.82, 2.24) is 10.2 Å². The van der Waals surface area contributed by atoms with Crippen LogP contribution in [0.4, 0.5) is 0 Å². The van der Waals surface area contributed by atoms with E-state index in [1.807, 2.05) is 6.92 Å². The van der Waals surface area contributed by atoms with Crippen molar-refractivity contribution in [2.24, 2.45) is 5.92 Å². The Bertz CT molecular complexity index is 343. The Morgan fingerprint density at radius 1 is 1.62 bits per heavy atom. The van der Waals surface area contributed by atoms with Crippen molar-refractivity contribution >= 4 is 29.1 Å². The molecule has 0 amide bonds. The Morgan fingerprint density at radius 3 is 3.00 bits per heavy atom. The quantitative estimate of drug-likeness (QED) is 0.617. The van der Waals surface area contributed by atoms with Gasteiger partial charge >= 0.3 is 5.97 Å². The molecule has 7 heteroatoms. The third-order valence-corrected chi connectivity index (χ3v) is 4.03. The van der Waals surface area contributed by atoms with E-state index in [1.165, 1.54) is 23.1 Å². The molecular weight excluding hydrogens is 248 g/mol. The lowest BCUT2D eigenvalue weighted by Gasteiger charge is -2.03. The number of nitrogens with zero attached hydrogens (tertiary/aromatic N) is 2. The zero-order valence-corrected chi connectivity index (χ0v) is 10.8. The summed E-state index contributed by atoms with van der Waals surface area (Å²) in [5, 5.41) is 16.8. The van der Waals surface area contributed by atoms with Gasteiger partial charge in [0.05, 0.1) is 6.61 Å². The molecule has 1 aromatic heterocycles. The number of ether oxygens (including phenoxy) is 1. The normalized spacial score (nSPS) is 12.4. The number of hydrogen-bond acceptors (Lipinski definition) is 7. The summed E-state index contributed by atoms with van der Waals surface area (Å²) in [5.74, 6) is 0.538. The molecule has 1 rings (SSSR count). The molecule has 0 aromatic carbocycles. The molecule has 0 aliphatic rings. The molecule has 0 radical (unpaired) electrons. The van der Waals surface area contributed by atoms with Crippen LogP contribution >= 0.6 is 23.1 Å². The monoisotopic (exact) mass is 262 g/mol. The summed E-state index contributed by atoms with van der Waals surface area (Å²) in [6.07, 6.45) is 0. The molecule has 1 unspecified atom stereocenters. The highest BCUT2D eigenvalue weighted by Gasteiger charge is 2.14. The van der Waals surface area contributed by atoms with Crippen LogP contribution in [-0.4, -0.2) is 40.2 Å². The number of aromatic nitrogens is 2. The van der Waals surface area contributed by atoms with Gasteiger partial charge in [0.2, 0.25) is 5.01 Å². The van der Waals surface area contributed by atoms with Crippen molar-refractivity contribution < 1.29 is 14.6 Å². The van der Waals surface area contributed by atoms with E-state index >= 15 is 0 Å². The number of hydrogen-bond donors (Lipinski definition) is 1. The zero-order chi connectivity index (χ0) is 12.0. The molecule has 0 bridgehead atoms. The summed E-state index contributed by atoms with van der Waals surface area (Å²) in [7, 11) is 0. The lowest BCUT2D eigenvalue weighted by atomic mass is 10.2. The maximum Gasteiger partial charge on any atom is 0.369 e. The zero-order valence-electron chi connectivity index (χ0n) is 9.17. The summed E-state index contributed by atoms with van der Waals surface area (Å²) < 4.78 is 5.53. The van der Waals surface area contributed by atoms with Crippen molar-refractivity contribution in [3.63, 3.8) is 0 Å². The highest BCUT2D eigenvalue weighted by molar-refractivity contribution is 8.01. The fraction of sp³-hybridized carbons (Fsp3) is 0.667. The molecule has 0 aliphatic heterocycles. The number of carbonyl (C=O) groups is 1. The minimum atomic E-state index is -0.429. The topological polar surface area (TPSA) is 72.3 Å². The van der Waals surface area contributed by atoms with Gasteiger partial charge in [-0.25, -0.2) is 4.79 Å². The number of aliphatic hydroxyl groups excluding tert-OH is 1. The van der Waals surface area contributed by atoms with E-state index in [4.69, 9.17) is 9.84 Å². The number of rotatable bonds is 6. The molecule has 1 heterocycles. The Balaban J connectivity index is 2.48. The average molecular weight is 262 g/mol. The molecule has 1 N–H and O–H groups in total. The lowest BCUT2D eigenvalue weighted by Crippen LogP contribution is -2.03. The molecule has 0 saturated heterocycles. The maximum absolute atomic E-state index is 11.3. The Hall–Kier alpha value is -0.660. The molecule has 0 spiro atoms. The Kier molecular flexibility index (Phi) is 5.72. The van der Waals surface area contributed by atoms with Gasteiger partial charge in [-0.15, -0.1) is 10.2 Å². The van der Waals surface area contributed by atoms with E-state index in [0.717, 1.165) is 10.1 Å². The van der Waals surface area contributed by atoms with E-state index in [0.29, 0.717) is 6.61 Å². The van der Waals surface area contributed by atoms with Gasteiger partial charge in [-0.2, -0.15) is 0 Å². The lowest BCUT2D eigenvalue weighted by molar-refractivity contribution is 0.0525. The third-order valence-electron chi connectivity index (χ3n) is 1.66. The third kappa shape index (κ3) is 4.07. The highest BCUT2D eigenvalue weighted by Crippen LogP contribution is 2.24. The van der Waals surface area contributed by atoms with Crippen molar-refractivity contribution in [1.29, 1.82) is 0 Å². The van der Waals surface area contributed by atoms with Gasteiger partial charge in [-0.05, 0) is 12.8 Å². The minimum absolute atomic E-state index is 0.149. The van der Waals surface area contributed by atoms with E-state index in [-0.39, 0.29) is 17.5 Å². The predicted molar refractivity (Wildman–Crippen MR) is 62.8 cm³/mol. The van der Waals surface area contributed by atoms with Gasteiger partial charge in [0.15, 0.2) is 4.34 Å². The summed E-state index contributed by atoms with van der Waals surface area (Å²) in [6, 6.07) is 0. The summed E-state index contributed by atoms with van der Waals surface area (Å²) in [6.45, 7) is 4.18. The molecule has 1 atom stereocenters. The smallest absolute Gasteiger partial charge is 0.369 e. The van der Waals surface area contributed by atoms with Gasteiger partial charge < -0.3 is 9.84 Å². The van der Waals surface area contributed by atoms with Crippen molar-refractivity contribution in [2.45, 2.75) is 18.2 Å². The van der Waals surface area contributed by atoms with Gasteiger partial charge in [0.1, 0.15) is 0 Å². The van der Waals surface area contributed by atoms with Crippen LogP contribution < -0.4 is 0 Å². The predicted octanol–water partition coefficient (Wildman–Crippen LogP) is 1.44. The number of aliphatic hydroxyl groups is 1. The Labute approximate surface area is 102 Å². The molecule has 1 aromatic rings. The number of esters is 1. The molecule has 90 valence electrons. The van der Waals surface area contributed by atoms with Gasteiger partial charge in [0.25, 0.3) is 0 Å². The first-order chi connectivity index (χ1) is 7.67. The van der Waals surface area contributed by atoms with Crippen LogP contribution in [0.15, 0.2) is 4.34 Å². The van der Waals surface area contributed by atoms with Crippen molar-refractivity contribution in [2.75, 3.05) is 19.0 Å². The molecule has 0 saturated carbocycles. The molecular formula is C9H14N2O3S2. The fourth-order valence-corrected chi connectivity index (χ4v) is 2.59. The van der Waals surface area contributed by atoms with Crippen molar-refractivity contribution in [3.05, 3.63) is 5.01 Å². The number of thioether (sulfide) groups is 1. The van der Waals surface area contributed by atoms with Crippen LogP contribution in [0.1, 0.15) is 23.6 Å². The standard InChI is InChI=1S/C9H14N2O3S2/c1-3-14-8(13)7-10-11-9(16-7)15-5-6(2)4-12/h6,12H,3-5H2,1-2H3. The maximum atomic E-state index is 11.3. The highest BCUT2D eigenvalue weighted by atomic mass is 32.2. The first-order valence-corrected chi connectivity index (χ1v) is 6.71. The molecule has 5 nitrogen and oxygen atoms in total. The molecule has 0 fully saturated rings. The SMILES string of the molecule is CCOC(=O)c1nnc(SCC(C)CO)s1. The van der Waals surface area contributed by atoms with Crippen LogP contribution in [0, 0.1) is 5.92 Å². The Morgan fingerprint density at radius 2 is 2.38 bits per heavy atom. The number of carbonyl (C=O) groups excluding carboxylic acids is 1. The van der Waals surface area contributed by atoms with E-state index in [2.05, 4.69) is 10.2 Å². The largest absolute Gasteiger partial charge is 0.461 e. The molecule has 0 aliphatic carbocycles. The van der Waals surface area contributed by atoms with Gasteiger partial charge in [-0.1, -0.05) is 30.0 Å². The van der Waals surface area contributed by atoms with Gasteiger partial charge in [-0.3, -0.25) is 0 Å². The second kappa shape index (κ2) is 6.82. The van der Waals surface area contributed by atoms with Crippen LogP contribution in [0.25, 0.3) is 0 Å².